The predicted octanol–water partition coefficient (Wildman–Crippen LogP) is 5.32. The first-order valence-corrected chi connectivity index (χ1v) is 11.7. The molecule has 0 spiro atoms. The number of ketones is 1. The third-order valence-corrected chi connectivity index (χ3v) is 7.13. The van der Waals surface area contributed by atoms with E-state index in [9.17, 15) is 14.0 Å². The van der Waals surface area contributed by atoms with Crippen LogP contribution in [0.4, 0.5) is 4.39 Å². The molecule has 3 aliphatic rings. The van der Waals surface area contributed by atoms with Crippen molar-refractivity contribution in [1.82, 2.24) is 15.1 Å². The molecule has 3 aromatic rings. The Morgan fingerprint density at radius 2 is 1.82 bits per heavy atom. The van der Waals surface area contributed by atoms with Crippen molar-refractivity contribution in [2.45, 2.75) is 38.1 Å². The molecule has 9 heteroatoms. The van der Waals surface area contributed by atoms with Crippen LogP contribution in [-0.2, 0) is 4.79 Å². The van der Waals surface area contributed by atoms with Crippen molar-refractivity contribution in [3.05, 3.63) is 75.8 Å². The molecule has 176 valence electrons. The van der Waals surface area contributed by atoms with E-state index in [1.54, 1.807) is 22.9 Å². The molecule has 0 atom stereocenters. The van der Waals surface area contributed by atoms with Crippen LogP contribution in [0.1, 0.15) is 41.9 Å². The summed E-state index contributed by atoms with van der Waals surface area (Å²) in [5.74, 6) is -0.585. The Hall–Kier alpha value is -2.90. The number of aryl methyl sites for hydroxylation is 1. The average Bonchev–Trinajstić information content (AvgIpc) is 3.14. The molecule has 6 rings (SSSR count). The van der Waals surface area contributed by atoms with Crippen molar-refractivity contribution in [3.8, 4) is 11.4 Å². The zero-order valence-electron chi connectivity index (χ0n) is 18.4. The van der Waals surface area contributed by atoms with E-state index >= 15 is 0 Å². The zero-order chi connectivity index (χ0) is 24.1. The van der Waals surface area contributed by atoms with Crippen molar-refractivity contribution in [1.29, 1.82) is 0 Å². The van der Waals surface area contributed by atoms with Crippen LogP contribution >= 0.6 is 23.2 Å². The molecule has 0 saturated heterocycles. The van der Waals surface area contributed by atoms with Gasteiger partial charge in [-0.15, -0.1) is 0 Å². The minimum Gasteiger partial charge on any atom is -0.486 e. The van der Waals surface area contributed by atoms with Gasteiger partial charge in [0.1, 0.15) is 18.2 Å². The second-order valence-electron chi connectivity index (χ2n) is 9.40. The van der Waals surface area contributed by atoms with Gasteiger partial charge in [0.25, 0.3) is 5.91 Å². The van der Waals surface area contributed by atoms with E-state index in [1.807, 2.05) is 19.1 Å². The number of amides is 1. The largest absolute Gasteiger partial charge is 0.486 e. The van der Waals surface area contributed by atoms with Crippen LogP contribution in [0.3, 0.4) is 0 Å². The molecule has 1 aromatic heterocycles. The SMILES string of the molecule is Cc1cc(C(=O)NC23CC(CC(=O)COc4ccc(Cl)c(F)c4)(C2)C3)nn1-c1ccc(Cl)cc1. The molecule has 1 amide bonds. The number of nitrogens with one attached hydrogen (secondary N) is 1. The van der Waals surface area contributed by atoms with Gasteiger partial charge in [0.05, 0.1) is 10.7 Å². The van der Waals surface area contributed by atoms with Gasteiger partial charge in [0.2, 0.25) is 0 Å². The zero-order valence-corrected chi connectivity index (χ0v) is 19.9. The van der Waals surface area contributed by atoms with E-state index < -0.39 is 5.82 Å². The summed E-state index contributed by atoms with van der Waals surface area (Å²) in [6, 6.07) is 13.1. The molecule has 2 bridgehead atoms. The number of nitrogens with zero attached hydrogens (tertiary/aromatic N) is 2. The Labute approximate surface area is 206 Å². The maximum Gasteiger partial charge on any atom is 0.272 e. The Bertz CT molecular complexity index is 1270. The van der Waals surface area contributed by atoms with Crippen LogP contribution in [0.2, 0.25) is 10.0 Å². The van der Waals surface area contributed by atoms with Gasteiger partial charge >= 0.3 is 0 Å². The lowest BCUT2D eigenvalue weighted by Crippen LogP contribution is -2.75. The Morgan fingerprint density at radius 1 is 1.12 bits per heavy atom. The molecule has 2 aromatic carbocycles. The summed E-state index contributed by atoms with van der Waals surface area (Å²) in [4.78, 5) is 25.2. The normalized spacial score (nSPS) is 22.5. The van der Waals surface area contributed by atoms with Gasteiger partial charge in [-0.2, -0.15) is 5.10 Å². The fraction of sp³-hybridized carbons (Fsp3) is 0.320. The highest BCUT2D eigenvalue weighted by atomic mass is 35.5. The average molecular weight is 502 g/mol. The number of benzene rings is 2. The first-order valence-electron chi connectivity index (χ1n) is 10.9. The van der Waals surface area contributed by atoms with Crippen molar-refractivity contribution in [2.24, 2.45) is 5.41 Å². The van der Waals surface area contributed by atoms with Gasteiger partial charge in [0.15, 0.2) is 11.5 Å². The molecule has 3 saturated carbocycles. The summed E-state index contributed by atoms with van der Waals surface area (Å²) in [5.41, 5.74) is 1.67. The van der Waals surface area contributed by atoms with Crippen LogP contribution in [-0.4, -0.2) is 33.6 Å². The summed E-state index contributed by atoms with van der Waals surface area (Å²) < 4.78 is 20.6. The lowest BCUT2D eigenvalue weighted by atomic mass is 9.38. The first-order chi connectivity index (χ1) is 16.2. The Kier molecular flexibility index (Phi) is 5.65. The molecule has 1 N–H and O–H groups in total. The molecule has 3 fully saturated rings. The van der Waals surface area contributed by atoms with Gasteiger partial charge in [-0.25, -0.2) is 9.07 Å². The number of ether oxygens (including phenoxy) is 1. The number of rotatable bonds is 8. The minimum absolute atomic E-state index is 0.00629. The second-order valence-corrected chi connectivity index (χ2v) is 10.2. The second kappa shape index (κ2) is 8.40. The highest BCUT2D eigenvalue weighted by molar-refractivity contribution is 6.31. The van der Waals surface area contributed by atoms with Crippen molar-refractivity contribution in [3.63, 3.8) is 0 Å². The molecule has 3 aliphatic carbocycles. The molecule has 34 heavy (non-hydrogen) atoms. The molecule has 0 aliphatic heterocycles. The van der Waals surface area contributed by atoms with Crippen LogP contribution in [0, 0.1) is 18.2 Å². The molecular formula is C25H22Cl2FN3O3. The van der Waals surface area contributed by atoms with E-state index in [4.69, 9.17) is 27.9 Å². The number of hydrogen-bond acceptors (Lipinski definition) is 4. The van der Waals surface area contributed by atoms with Gasteiger partial charge in [0, 0.05) is 28.7 Å². The number of hydrogen-bond donors (Lipinski definition) is 1. The lowest BCUT2D eigenvalue weighted by molar-refractivity contribution is -0.162. The highest BCUT2D eigenvalue weighted by Gasteiger charge is 2.68. The van der Waals surface area contributed by atoms with Crippen LogP contribution in [0.15, 0.2) is 48.5 Å². The van der Waals surface area contributed by atoms with E-state index in [-0.39, 0.29) is 40.0 Å². The quantitative estimate of drug-likeness (QED) is 0.453. The number of carbonyl (C=O) groups excluding carboxylic acids is 2. The fourth-order valence-electron chi connectivity index (χ4n) is 5.25. The summed E-state index contributed by atoms with van der Waals surface area (Å²) in [7, 11) is 0. The fourth-order valence-corrected chi connectivity index (χ4v) is 5.50. The minimum atomic E-state index is -0.586. The lowest BCUT2D eigenvalue weighted by Gasteiger charge is -2.70. The standard InChI is InChI=1S/C25H22Cl2FN3O3/c1-15-8-22(30-31(15)17-4-2-16(26)3-5-17)23(33)29-25-12-24(13-25,14-25)10-18(32)11-34-19-6-7-20(27)21(28)9-19/h2-9H,10-14H2,1H3,(H,29,33). The van der Waals surface area contributed by atoms with Crippen molar-refractivity contribution in [2.75, 3.05) is 6.61 Å². The smallest absolute Gasteiger partial charge is 0.272 e. The van der Waals surface area contributed by atoms with Crippen LogP contribution in [0.25, 0.3) is 5.69 Å². The van der Waals surface area contributed by atoms with Crippen LogP contribution < -0.4 is 10.1 Å². The van der Waals surface area contributed by atoms with Gasteiger partial charge in [-0.05, 0) is 74.1 Å². The van der Waals surface area contributed by atoms with Gasteiger partial charge in [-0.1, -0.05) is 23.2 Å². The number of Topliss-reactive ketones (excluding diaryl/α,β-unsaturated/α-hetero) is 1. The van der Waals surface area contributed by atoms with E-state index in [2.05, 4.69) is 10.4 Å². The first kappa shape index (κ1) is 22.9. The van der Waals surface area contributed by atoms with Crippen LogP contribution in [0.5, 0.6) is 5.75 Å². The summed E-state index contributed by atoms with van der Waals surface area (Å²) in [6.45, 7) is 1.77. The van der Waals surface area contributed by atoms with E-state index in [1.165, 1.54) is 12.1 Å². The molecular weight excluding hydrogens is 480 g/mol. The molecule has 0 radical (unpaired) electrons. The van der Waals surface area contributed by atoms with E-state index in [0.717, 1.165) is 36.7 Å². The molecule has 6 nitrogen and oxygen atoms in total. The van der Waals surface area contributed by atoms with Crippen molar-refractivity contribution < 1.29 is 18.7 Å². The monoisotopic (exact) mass is 501 g/mol. The molecule has 0 unspecified atom stereocenters. The maximum absolute atomic E-state index is 13.5. The Balaban J connectivity index is 1.13. The predicted molar refractivity (Wildman–Crippen MR) is 126 cm³/mol. The van der Waals surface area contributed by atoms with Gasteiger partial charge < -0.3 is 10.1 Å². The Morgan fingerprint density at radius 3 is 2.50 bits per heavy atom. The maximum atomic E-state index is 13.5. The molecule has 1 heterocycles. The summed E-state index contributed by atoms with van der Waals surface area (Å²) in [6.07, 6.45) is 2.64. The van der Waals surface area contributed by atoms with E-state index in [0.29, 0.717) is 17.1 Å². The van der Waals surface area contributed by atoms with Gasteiger partial charge in [-0.3, -0.25) is 9.59 Å². The number of carbonyl (C=O) groups is 2. The van der Waals surface area contributed by atoms with Crippen molar-refractivity contribution >= 4 is 34.9 Å². The number of halogens is 3. The summed E-state index contributed by atoms with van der Waals surface area (Å²) >= 11 is 11.6. The highest BCUT2D eigenvalue weighted by Crippen LogP contribution is 2.69. The number of aromatic nitrogens is 2. The third-order valence-electron chi connectivity index (χ3n) is 6.57. The summed E-state index contributed by atoms with van der Waals surface area (Å²) in [5, 5.41) is 8.21. The third kappa shape index (κ3) is 4.30. The topological polar surface area (TPSA) is 73.2 Å².